The minimum Gasteiger partial charge on any atom is -0.446 e. The van der Waals surface area contributed by atoms with Crippen LogP contribution in [0, 0.1) is 0 Å². The molecule has 1 rings (SSSR count). The van der Waals surface area contributed by atoms with Gasteiger partial charge < -0.3 is 4.74 Å². The first-order chi connectivity index (χ1) is 6.95. The van der Waals surface area contributed by atoms with Crippen LogP contribution in [0.1, 0.15) is 10.4 Å². The van der Waals surface area contributed by atoms with Crippen LogP contribution >= 0.6 is 11.6 Å². The lowest BCUT2D eigenvalue weighted by molar-refractivity contribution is 0.0574. The number of ether oxygens (including phenoxy) is 1. The molecular formula is C8H7ClO5S. The van der Waals surface area contributed by atoms with E-state index in [0.717, 1.165) is 12.1 Å². The van der Waals surface area contributed by atoms with E-state index in [1.165, 1.54) is 12.1 Å². The summed E-state index contributed by atoms with van der Waals surface area (Å²) >= 11 is 5.17. The van der Waals surface area contributed by atoms with E-state index in [0.29, 0.717) is 0 Å². The summed E-state index contributed by atoms with van der Waals surface area (Å²) in [6, 6.07) is 4.36. The number of rotatable bonds is 3. The lowest BCUT2D eigenvalue weighted by Crippen LogP contribution is -2.04. The van der Waals surface area contributed by atoms with E-state index in [-0.39, 0.29) is 16.5 Å². The molecule has 0 saturated heterocycles. The molecule has 15 heavy (non-hydrogen) atoms. The zero-order chi connectivity index (χ0) is 11.5. The van der Waals surface area contributed by atoms with Crippen LogP contribution in [0.3, 0.4) is 0 Å². The summed E-state index contributed by atoms with van der Waals surface area (Å²) < 4.78 is 34.4. The summed E-state index contributed by atoms with van der Waals surface area (Å²) in [5.74, 6) is -0.660. The van der Waals surface area contributed by atoms with E-state index >= 15 is 0 Å². The first-order valence-electron chi connectivity index (χ1n) is 3.76. The Kier molecular flexibility index (Phi) is 3.67. The summed E-state index contributed by atoms with van der Waals surface area (Å²) in [5.41, 5.74) is 0.156. The second-order valence-electron chi connectivity index (χ2n) is 2.54. The fourth-order valence-electron chi connectivity index (χ4n) is 0.896. The predicted octanol–water partition coefficient (Wildman–Crippen LogP) is 1.29. The van der Waals surface area contributed by atoms with Gasteiger partial charge in [-0.05, 0) is 24.3 Å². The molecule has 0 atom stereocenters. The highest BCUT2D eigenvalue weighted by Gasteiger charge is 2.11. The average molecular weight is 251 g/mol. The fraction of sp³-hybridized carbons (Fsp3) is 0.125. The van der Waals surface area contributed by atoms with Crippen LogP contribution < -0.4 is 0 Å². The smallest absolute Gasteiger partial charge is 0.339 e. The van der Waals surface area contributed by atoms with Crippen molar-refractivity contribution in [2.24, 2.45) is 0 Å². The number of benzene rings is 1. The van der Waals surface area contributed by atoms with Gasteiger partial charge in [0.25, 0.3) is 10.1 Å². The van der Waals surface area contributed by atoms with Gasteiger partial charge in [0.05, 0.1) is 10.5 Å². The van der Waals surface area contributed by atoms with Crippen molar-refractivity contribution >= 4 is 27.7 Å². The highest BCUT2D eigenvalue weighted by atomic mass is 35.5. The van der Waals surface area contributed by atoms with Gasteiger partial charge in [-0.15, -0.1) is 0 Å². The number of alkyl halides is 1. The molecule has 0 aliphatic heterocycles. The Labute approximate surface area is 91.4 Å². The summed E-state index contributed by atoms with van der Waals surface area (Å²) in [7, 11) is -4.24. The maximum atomic E-state index is 11.1. The van der Waals surface area contributed by atoms with Crippen LogP contribution in [0.5, 0.6) is 0 Å². The molecule has 1 aromatic carbocycles. The zero-order valence-corrected chi connectivity index (χ0v) is 8.96. The van der Waals surface area contributed by atoms with E-state index in [4.69, 9.17) is 16.2 Å². The molecule has 1 N–H and O–H groups in total. The first-order valence-corrected chi connectivity index (χ1v) is 5.73. The lowest BCUT2D eigenvalue weighted by atomic mass is 10.2. The van der Waals surface area contributed by atoms with Gasteiger partial charge in [-0.3, -0.25) is 4.55 Å². The molecule has 0 radical (unpaired) electrons. The Morgan fingerprint density at radius 3 is 2.27 bits per heavy atom. The molecule has 7 heteroatoms. The Morgan fingerprint density at radius 1 is 1.33 bits per heavy atom. The third-order valence-electron chi connectivity index (χ3n) is 1.57. The van der Waals surface area contributed by atoms with Crippen LogP contribution in [-0.2, 0) is 14.9 Å². The van der Waals surface area contributed by atoms with Gasteiger partial charge in [0.15, 0.2) is 6.07 Å². The highest BCUT2D eigenvalue weighted by molar-refractivity contribution is 7.85. The van der Waals surface area contributed by atoms with Gasteiger partial charge in [0.1, 0.15) is 0 Å². The Balaban J connectivity index is 2.96. The SMILES string of the molecule is O=C(OCCl)c1ccc(S(=O)(=O)O)cc1. The number of carbonyl (C=O) groups is 1. The molecule has 0 heterocycles. The minimum atomic E-state index is -4.24. The maximum Gasteiger partial charge on any atom is 0.339 e. The largest absolute Gasteiger partial charge is 0.446 e. The number of carbonyl (C=O) groups excluding carboxylic acids is 1. The van der Waals surface area contributed by atoms with E-state index in [1.807, 2.05) is 0 Å². The van der Waals surface area contributed by atoms with Crippen molar-refractivity contribution in [1.82, 2.24) is 0 Å². The van der Waals surface area contributed by atoms with Crippen molar-refractivity contribution in [2.45, 2.75) is 4.90 Å². The third kappa shape index (κ3) is 3.19. The van der Waals surface area contributed by atoms with E-state index in [2.05, 4.69) is 4.74 Å². The van der Waals surface area contributed by atoms with Gasteiger partial charge in [0.2, 0.25) is 0 Å². The molecule has 1 aromatic rings. The molecule has 0 saturated carbocycles. The molecule has 0 amide bonds. The molecule has 0 bridgehead atoms. The van der Waals surface area contributed by atoms with Crippen LogP contribution in [0.4, 0.5) is 0 Å². The van der Waals surface area contributed by atoms with Gasteiger partial charge in [-0.1, -0.05) is 11.6 Å². The van der Waals surface area contributed by atoms with E-state index in [9.17, 15) is 13.2 Å². The van der Waals surface area contributed by atoms with Crippen LogP contribution in [0.2, 0.25) is 0 Å². The van der Waals surface area contributed by atoms with Gasteiger partial charge in [-0.25, -0.2) is 4.79 Å². The lowest BCUT2D eigenvalue weighted by Gasteiger charge is -2.01. The van der Waals surface area contributed by atoms with Crippen LogP contribution in [0.15, 0.2) is 29.2 Å². The number of hydrogen-bond acceptors (Lipinski definition) is 4. The normalized spacial score (nSPS) is 11.1. The standard InChI is InChI=1S/C8H7ClO5S/c9-5-14-8(10)6-1-3-7(4-2-6)15(11,12)13/h1-4H,5H2,(H,11,12,13). The number of esters is 1. The molecule has 0 aliphatic carbocycles. The van der Waals surface area contributed by atoms with Crippen molar-refractivity contribution in [3.05, 3.63) is 29.8 Å². The number of halogens is 1. The van der Waals surface area contributed by atoms with E-state index < -0.39 is 16.1 Å². The quantitative estimate of drug-likeness (QED) is 0.497. The Bertz CT molecular complexity index is 450. The number of hydrogen-bond donors (Lipinski definition) is 1. The predicted molar refractivity (Wildman–Crippen MR) is 52.4 cm³/mol. The zero-order valence-electron chi connectivity index (χ0n) is 7.38. The van der Waals surface area contributed by atoms with Crippen LogP contribution in [-0.4, -0.2) is 25.0 Å². The molecule has 0 aromatic heterocycles. The van der Waals surface area contributed by atoms with Crippen molar-refractivity contribution < 1.29 is 22.5 Å². The molecule has 5 nitrogen and oxygen atoms in total. The monoisotopic (exact) mass is 250 g/mol. The molecule has 0 unspecified atom stereocenters. The average Bonchev–Trinajstić information content (AvgIpc) is 2.17. The molecule has 0 aliphatic rings. The second-order valence-corrected chi connectivity index (χ2v) is 4.18. The summed E-state index contributed by atoms with van der Waals surface area (Å²) in [6.07, 6.45) is 0. The molecule has 0 fully saturated rings. The Morgan fingerprint density at radius 2 is 1.87 bits per heavy atom. The summed E-state index contributed by atoms with van der Waals surface area (Å²) in [4.78, 5) is 10.8. The highest BCUT2D eigenvalue weighted by Crippen LogP contribution is 2.10. The minimum absolute atomic E-state index is 0.156. The van der Waals surface area contributed by atoms with Crippen molar-refractivity contribution in [2.75, 3.05) is 6.07 Å². The van der Waals surface area contributed by atoms with Gasteiger partial charge in [0, 0.05) is 0 Å². The van der Waals surface area contributed by atoms with Crippen molar-refractivity contribution in [3.8, 4) is 0 Å². The second kappa shape index (κ2) is 4.61. The maximum absolute atomic E-state index is 11.1. The summed E-state index contributed by atoms with van der Waals surface area (Å²) in [6.45, 7) is 0. The van der Waals surface area contributed by atoms with Crippen molar-refractivity contribution in [3.63, 3.8) is 0 Å². The first kappa shape index (κ1) is 12.0. The van der Waals surface area contributed by atoms with Gasteiger partial charge >= 0.3 is 5.97 Å². The van der Waals surface area contributed by atoms with Crippen molar-refractivity contribution in [1.29, 1.82) is 0 Å². The fourth-order valence-corrected chi connectivity index (χ4v) is 1.47. The van der Waals surface area contributed by atoms with E-state index in [1.54, 1.807) is 0 Å². The van der Waals surface area contributed by atoms with Gasteiger partial charge in [-0.2, -0.15) is 8.42 Å². The third-order valence-corrected chi connectivity index (χ3v) is 2.55. The molecular weight excluding hydrogens is 244 g/mol. The van der Waals surface area contributed by atoms with Crippen LogP contribution in [0.25, 0.3) is 0 Å². The Hall–Kier alpha value is -1.11. The summed E-state index contributed by atoms with van der Waals surface area (Å²) in [5, 5.41) is 0. The molecule has 82 valence electrons. The topological polar surface area (TPSA) is 80.7 Å². The molecule has 0 spiro atoms.